The van der Waals surface area contributed by atoms with Crippen molar-refractivity contribution in [2.75, 3.05) is 13.7 Å². The van der Waals surface area contributed by atoms with E-state index in [4.69, 9.17) is 4.74 Å². The zero-order valence-electron chi connectivity index (χ0n) is 13.0. The van der Waals surface area contributed by atoms with Gasteiger partial charge in [-0.05, 0) is 25.5 Å². The molecule has 1 aliphatic heterocycles. The molecule has 116 valence electrons. The molecule has 2 aromatic rings. The van der Waals surface area contributed by atoms with Gasteiger partial charge in [0.15, 0.2) is 11.6 Å². The Labute approximate surface area is 128 Å². The monoisotopic (exact) mass is 301 g/mol. The molecule has 1 aliphatic rings. The molecule has 0 spiro atoms. The zero-order valence-corrected chi connectivity index (χ0v) is 13.0. The van der Waals surface area contributed by atoms with Crippen LogP contribution in [0.4, 0.5) is 0 Å². The van der Waals surface area contributed by atoms with Crippen LogP contribution in [0.25, 0.3) is 0 Å². The quantitative estimate of drug-likeness (QED) is 0.855. The van der Waals surface area contributed by atoms with Gasteiger partial charge in [-0.15, -0.1) is 10.2 Å². The van der Waals surface area contributed by atoms with E-state index in [0.29, 0.717) is 25.4 Å². The largest absolute Gasteiger partial charge is 0.377 e. The molecule has 2 aromatic heterocycles. The first kappa shape index (κ1) is 14.6. The van der Waals surface area contributed by atoms with Gasteiger partial charge < -0.3 is 14.2 Å². The fourth-order valence-corrected chi connectivity index (χ4v) is 2.70. The maximum absolute atomic E-state index is 12.6. The van der Waals surface area contributed by atoms with Crippen LogP contribution in [-0.4, -0.2) is 44.2 Å². The van der Waals surface area contributed by atoms with E-state index in [2.05, 4.69) is 15.2 Å². The molecule has 0 fully saturated rings. The molecule has 0 aromatic carbocycles. The second kappa shape index (κ2) is 5.84. The summed E-state index contributed by atoms with van der Waals surface area (Å²) in [7, 11) is 1.63. The van der Waals surface area contributed by atoms with Crippen LogP contribution in [0.2, 0.25) is 0 Å². The highest BCUT2D eigenvalue weighted by Gasteiger charge is 2.32. The van der Waals surface area contributed by atoms with Crippen LogP contribution in [0.5, 0.6) is 0 Å². The number of hydrogen-bond acceptors (Lipinski definition) is 5. The smallest absolute Gasteiger partial charge is 0.273 e. The number of hydrogen-bond donors (Lipinski definition) is 0. The summed E-state index contributed by atoms with van der Waals surface area (Å²) in [6.45, 7) is 5.61. The van der Waals surface area contributed by atoms with Gasteiger partial charge in [0.05, 0.1) is 6.04 Å². The summed E-state index contributed by atoms with van der Waals surface area (Å²) in [5.41, 5.74) is 1.50. The third-order valence-electron chi connectivity index (χ3n) is 3.93. The first-order valence-corrected chi connectivity index (χ1v) is 7.26. The zero-order chi connectivity index (χ0) is 15.7. The van der Waals surface area contributed by atoms with Crippen LogP contribution in [-0.2, 0) is 17.9 Å². The highest BCUT2D eigenvalue weighted by molar-refractivity contribution is 5.92. The van der Waals surface area contributed by atoms with Crippen molar-refractivity contribution in [3.8, 4) is 0 Å². The Hall–Kier alpha value is -2.28. The summed E-state index contributed by atoms with van der Waals surface area (Å²) in [5.74, 6) is 1.51. The molecule has 0 radical (unpaired) electrons. The van der Waals surface area contributed by atoms with Crippen molar-refractivity contribution in [1.29, 1.82) is 0 Å². The third kappa shape index (κ3) is 2.48. The second-order valence-electron chi connectivity index (χ2n) is 5.45. The Bertz CT molecular complexity index is 680. The van der Waals surface area contributed by atoms with E-state index in [9.17, 15) is 4.79 Å². The fourth-order valence-electron chi connectivity index (χ4n) is 2.70. The van der Waals surface area contributed by atoms with Crippen molar-refractivity contribution < 1.29 is 9.53 Å². The maximum atomic E-state index is 12.6. The third-order valence-corrected chi connectivity index (χ3v) is 3.93. The summed E-state index contributed by atoms with van der Waals surface area (Å²) in [6, 6.07) is 3.52. The minimum atomic E-state index is -0.137. The maximum Gasteiger partial charge on any atom is 0.273 e. The summed E-state index contributed by atoms with van der Waals surface area (Å²) in [4.78, 5) is 18.7. The molecule has 3 heterocycles. The lowest BCUT2D eigenvalue weighted by atomic mass is 10.1. The number of aromatic nitrogens is 4. The van der Waals surface area contributed by atoms with Gasteiger partial charge >= 0.3 is 0 Å². The van der Waals surface area contributed by atoms with Gasteiger partial charge in [0.2, 0.25) is 0 Å². The van der Waals surface area contributed by atoms with E-state index in [-0.39, 0.29) is 11.9 Å². The lowest BCUT2D eigenvalue weighted by Crippen LogP contribution is -2.41. The van der Waals surface area contributed by atoms with E-state index < -0.39 is 0 Å². The molecular weight excluding hydrogens is 282 g/mol. The number of aryl methyl sites for hydroxylation is 1. The van der Waals surface area contributed by atoms with Gasteiger partial charge in [-0.2, -0.15) is 0 Å². The highest BCUT2D eigenvalue weighted by atomic mass is 16.5. The number of rotatable bonds is 3. The summed E-state index contributed by atoms with van der Waals surface area (Å²) in [6.07, 6.45) is 1.71. The second-order valence-corrected chi connectivity index (χ2v) is 5.45. The Morgan fingerprint density at radius 2 is 2.18 bits per heavy atom. The van der Waals surface area contributed by atoms with Gasteiger partial charge in [0.1, 0.15) is 12.3 Å². The molecule has 22 heavy (non-hydrogen) atoms. The number of nitrogens with zero attached hydrogens (tertiary/aromatic N) is 5. The molecule has 0 saturated carbocycles. The van der Waals surface area contributed by atoms with E-state index in [1.165, 1.54) is 0 Å². The number of carbonyl (C=O) groups is 1. The van der Waals surface area contributed by atoms with Crippen LogP contribution in [0.15, 0.2) is 18.3 Å². The molecule has 7 nitrogen and oxygen atoms in total. The molecule has 0 unspecified atom stereocenters. The van der Waals surface area contributed by atoms with Crippen molar-refractivity contribution in [3.05, 3.63) is 41.2 Å². The summed E-state index contributed by atoms with van der Waals surface area (Å²) >= 11 is 0. The molecule has 0 bridgehead atoms. The minimum Gasteiger partial charge on any atom is -0.377 e. The van der Waals surface area contributed by atoms with Crippen LogP contribution in [0, 0.1) is 6.92 Å². The number of pyridine rings is 1. The molecular formula is C15H19N5O2. The van der Waals surface area contributed by atoms with Crippen molar-refractivity contribution in [3.63, 3.8) is 0 Å². The van der Waals surface area contributed by atoms with Crippen LogP contribution in [0.3, 0.4) is 0 Å². The van der Waals surface area contributed by atoms with E-state index >= 15 is 0 Å². The highest BCUT2D eigenvalue weighted by Crippen LogP contribution is 2.25. The number of carbonyl (C=O) groups excluding carboxylic acids is 1. The van der Waals surface area contributed by atoms with E-state index in [1.807, 2.05) is 24.5 Å². The Kier molecular flexibility index (Phi) is 3.89. The number of fused-ring (bicyclic) bond motifs is 1. The predicted octanol–water partition coefficient (Wildman–Crippen LogP) is 1.34. The topological polar surface area (TPSA) is 73.1 Å². The van der Waals surface area contributed by atoms with Gasteiger partial charge in [-0.3, -0.25) is 9.78 Å². The van der Waals surface area contributed by atoms with Crippen LogP contribution < -0.4 is 0 Å². The molecule has 1 amide bonds. The van der Waals surface area contributed by atoms with E-state index in [0.717, 1.165) is 17.2 Å². The Balaban J connectivity index is 1.84. The first-order chi connectivity index (χ1) is 10.6. The SMILES string of the molecule is COCc1nnc2n1CCN(C(=O)c1ccc(C)cn1)[C@@H]2C. The molecule has 0 N–H and O–H groups in total. The molecule has 7 heteroatoms. The lowest BCUT2D eigenvalue weighted by molar-refractivity contribution is 0.0626. The molecule has 0 aliphatic carbocycles. The van der Waals surface area contributed by atoms with Crippen molar-refractivity contribution in [1.82, 2.24) is 24.6 Å². The standard InChI is InChI=1S/C15H19N5O2/c1-10-4-5-12(16-8-10)15(21)19-6-7-20-13(9-22-3)17-18-14(20)11(19)2/h4-5,8,11H,6-7,9H2,1-3H3/t11-/m1/s1. The Morgan fingerprint density at radius 1 is 1.36 bits per heavy atom. The summed E-state index contributed by atoms with van der Waals surface area (Å²) < 4.78 is 7.16. The summed E-state index contributed by atoms with van der Waals surface area (Å²) in [5, 5.41) is 8.37. The average Bonchev–Trinajstić information content (AvgIpc) is 2.92. The van der Waals surface area contributed by atoms with E-state index in [1.54, 1.807) is 24.3 Å². The van der Waals surface area contributed by atoms with Gasteiger partial charge in [-0.1, -0.05) is 6.07 Å². The van der Waals surface area contributed by atoms with Gasteiger partial charge in [0, 0.05) is 26.4 Å². The molecule has 1 atom stereocenters. The average molecular weight is 301 g/mol. The van der Waals surface area contributed by atoms with Gasteiger partial charge in [-0.25, -0.2) is 0 Å². The number of methoxy groups -OCH3 is 1. The fraction of sp³-hybridized carbons (Fsp3) is 0.467. The minimum absolute atomic E-state index is 0.0740. The lowest BCUT2D eigenvalue weighted by Gasteiger charge is -2.33. The predicted molar refractivity (Wildman–Crippen MR) is 79.2 cm³/mol. The molecule has 3 rings (SSSR count). The van der Waals surface area contributed by atoms with Crippen molar-refractivity contribution in [2.45, 2.75) is 33.0 Å². The normalized spacial score (nSPS) is 17.4. The van der Waals surface area contributed by atoms with Crippen LogP contribution in [0.1, 0.15) is 40.7 Å². The van der Waals surface area contributed by atoms with Crippen LogP contribution >= 0.6 is 0 Å². The van der Waals surface area contributed by atoms with Crippen molar-refractivity contribution in [2.24, 2.45) is 0 Å². The van der Waals surface area contributed by atoms with Gasteiger partial charge in [0.25, 0.3) is 5.91 Å². The molecule has 0 saturated heterocycles. The van der Waals surface area contributed by atoms with Crippen molar-refractivity contribution >= 4 is 5.91 Å². The number of ether oxygens (including phenoxy) is 1. The first-order valence-electron chi connectivity index (χ1n) is 7.26. The Morgan fingerprint density at radius 3 is 2.86 bits per heavy atom. The number of amides is 1.